The van der Waals surface area contributed by atoms with Crippen LogP contribution in [0.4, 0.5) is 0 Å². The molecule has 0 amide bonds. The van der Waals surface area contributed by atoms with Crippen molar-refractivity contribution < 1.29 is 0 Å². The minimum Gasteiger partial charge on any atom is -0.313 e. The van der Waals surface area contributed by atoms with Gasteiger partial charge in [0.1, 0.15) is 0 Å². The molecular formula is C17H24BrN3. The molecule has 114 valence electrons. The van der Waals surface area contributed by atoms with Crippen LogP contribution in [0.25, 0.3) is 0 Å². The van der Waals surface area contributed by atoms with Crippen molar-refractivity contribution >= 4 is 15.9 Å². The summed E-state index contributed by atoms with van der Waals surface area (Å²) in [5.74, 6) is 0. The van der Waals surface area contributed by atoms with Gasteiger partial charge in [-0.15, -0.1) is 0 Å². The lowest BCUT2D eigenvalue weighted by atomic mass is 10.00. The van der Waals surface area contributed by atoms with Crippen molar-refractivity contribution in [3.63, 3.8) is 0 Å². The van der Waals surface area contributed by atoms with Crippen LogP contribution in [0.2, 0.25) is 0 Å². The average Bonchev–Trinajstić information content (AvgIpc) is 2.80. The molecule has 21 heavy (non-hydrogen) atoms. The number of aromatic nitrogens is 2. The number of hydrogen-bond acceptors (Lipinski definition) is 2. The van der Waals surface area contributed by atoms with Gasteiger partial charge in [0.15, 0.2) is 0 Å². The molecule has 0 spiro atoms. The highest BCUT2D eigenvalue weighted by Crippen LogP contribution is 2.26. The van der Waals surface area contributed by atoms with E-state index in [9.17, 15) is 0 Å². The predicted octanol–water partition coefficient (Wildman–Crippen LogP) is 4.04. The predicted molar refractivity (Wildman–Crippen MR) is 91.7 cm³/mol. The topological polar surface area (TPSA) is 29.9 Å². The zero-order chi connectivity index (χ0) is 15.4. The van der Waals surface area contributed by atoms with Crippen LogP contribution < -0.4 is 5.32 Å². The van der Waals surface area contributed by atoms with Crippen molar-refractivity contribution in [1.29, 1.82) is 0 Å². The second-order valence-corrected chi connectivity index (χ2v) is 6.10. The van der Waals surface area contributed by atoms with Crippen LogP contribution in [-0.2, 0) is 19.4 Å². The van der Waals surface area contributed by atoms with Gasteiger partial charge in [-0.2, -0.15) is 5.10 Å². The van der Waals surface area contributed by atoms with E-state index in [2.05, 4.69) is 69.1 Å². The van der Waals surface area contributed by atoms with Gasteiger partial charge in [-0.25, -0.2) is 0 Å². The first kappa shape index (κ1) is 16.2. The van der Waals surface area contributed by atoms with Gasteiger partial charge in [-0.1, -0.05) is 31.2 Å². The number of nitrogens with one attached hydrogen (secondary N) is 1. The molecule has 0 radical (unpaired) electrons. The fraction of sp³-hybridized carbons (Fsp3) is 0.471. The Bertz CT molecular complexity index is 587. The molecule has 4 heteroatoms. The van der Waals surface area contributed by atoms with Gasteiger partial charge in [-0.3, -0.25) is 4.68 Å². The summed E-state index contributed by atoms with van der Waals surface area (Å²) in [6.45, 7) is 7.26. The lowest BCUT2D eigenvalue weighted by Crippen LogP contribution is -2.20. The molecule has 0 saturated carbocycles. The van der Waals surface area contributed by atoms with E-state index in [-0.39, 0.29) is 0 Å². The summed E-state index contributed by atoms with van der Waals surface area (Å²) in [5, 5.41) is 8.01. The van der Waals surface area contributed by atoms with Crippen molar-refractivity contribution in [2.24, 2.45) is 0 Å². The van der Waals surface area contributed by atoms with E-state index in [4.69, 9.17) is 0 Å². The molecule has 1 unspecified atom stereocenters. The zero-order valence-electron chi connectivity index (χ0n) is 13.3. The standard InChI is InChI=1S/C17H24BrN3/c1-5-13-7-9-14(10-8-13)15(19-4)11-16-17(18)12(3)20-21(16)6-2/h7-10,15,19H,5-6,11H2,1-4H3. The Labute approximate surface area is 135 Å². The first-order valence-electron chi connectivity index (χ1n) is 7.58. The maximum Gasteiger partial charge on any atom is 0.0738 e. The van der Waals surface area contributed by atoms with Gasteiger partial charge in [0, 0.05) is 19.0 Å². The molecule has 1 heterocycles. The summed E-state index contributed by atoms with van der Waals surface area (Å²) in [6.07, 6.45) is 2.01. The molecule has 0 aliphatic carbocycles. The lowest BCUT2D eigenvalue weighted by Gasteiger charge is -2.18. The Balaban J connectivity index is 2.26. The van der Waals surface area contributed by atoms with Crippen LogP contribution in [0.15, 0.2) is 28.7 Å². The fourth-order valence-electron chi connectivity index (χ4n) is 2.63. The third-order valence-corrected chi connectivity index (χ3v) is 5.02. The molecule has 1 aromatic carbocycles. The fourth-order valence-corrected chi connectivity index (χ4v) is 3.08. The Hall–Kier alpha value is -1.13. The van der Waals surface area contributed by atoms with Crippen molar-refractivity contribution in [3.05, 3.63) is 51.3 Å². The third-order valence-electron chi connectivity index (χ3n) is 3.99. The number of aryl methyl sites for hydroxylation is 3. The van der Waals surface area contributed by atoms with Crippen molar-refractivity contribution in [3.8, 4) is 0 Å². The normalized spacial score (nSPS) is 12.6. The number of benzene rings is 1. The van der Waals surface area contributed by atoms with Crippen LogP contribution >= 0.6 is 15.9 Å². The van der Waals surface area contributed by atoms with E-state index in [0.717, 1.165) is 29.6 Å². The summed E-state index contributed by atoms with van der Waals surface area (Å²) in [4.78, 5) is 0. The molecule has 0 bridgehead atoms. The van der Waals surface area contributed by atoms with Crippen LogP contribution in [0, 0.1) is 6.92 Å². The molecule has 2 rings (SSSR count). The smallest absolute Gasteiger partial charge is 0.0738 e. The van der Waals surface area contributed by atoms with E-state index in [1.165, 1.54) is 16.8 Å². The molecule has 0 aliphatic heterocycles. The van der Waals surface area contributed by atoms with Gasteiger partial charge in [0.25, 0.3) is 0 Å². The summed E-state index contributed by atoms with van der Waals surface area (Å²) < 4.78 is 3.22. The summed E-state index contributed by atoms with van der Waals surface area (Å²) in [6, 6.07) is 9.20. The summed E-state index contributed by atoms with van der Waals surface area (Å²) in [7, 11) is 2.02. The van der Waals surface area contributed by atoms with E-state index in [1.54, 1.807) is 0 Å². The Kier molecular flexibility index (Phi) is 5.59. The molecule has 3 nitrogen and oxygen atoms in total. The molecule has 0 fully saturated rings. The molecule has 1 N–H and O–H groups in total. The number of nitrogens with zero attached hydrogens (tertiary/aromatic N) is 2. The number of likely N-dealkylation sites (N-methyl/N-ethyl adjacent to an activating group) is 1. The SMILES string of the molecule is CCc1ccc(C(Cc2c(Br)c(C)nn2CC)NC)cc1. The van der Waals surface area contributed by atoms with Crippen molar-refractivity contribution in [2.75, 3.05) is 7.05 Å². The van der Waals surface area contributed by atoms with E-state index in [1.807, 2.05) is 14.0 Å². The maximum absolute atomic E-state index is 4.58. The number of rotatable bonds is 6. The highest BCUT2D eigenvalue weighted by atomic mass is 79.9. The first-order chi connectivity index (χ1) is 10.1. The van der Waals surface area contributed by atoms with Crippen molar-refractivity contribution in [1.82, 2.24) is 15.1 Å². The van der Waals surface area contributed by atoms with Crippen LogP contribution in [0.5, 0.6) is 0 Å². The summed E-state index contributed by atoms with van der Waals surface area (Å²) in [5.41, 5.74) is 5.02. The van der Waals surface area contributed by atoms with Crippen LogP contribution in [0.1, 0.15) is 42.4 Å². The van der Waals surface area contributed by atoms with Gasteiger partial charge in [-0.05, 0) is 54.4 Å². The Morgan fingerprint density at radius 1 is 1.24 bits per heavy atom. The molecule has 0 saturated heterocycles. The van der Waals surface area contributed by atoms with E-state index in [0.29, 0.717) is 6.04 Å². The number of halogens is 1. The van der Waals surface area contributed by atoms with Gasteiger partial charge < -0.3 is 5.32 Å². The van der Waals surface area contributed by atoms with Crippen molar-refractivity contribution in [2.45, 2.75) is 46.2 Å². The summed E-state index contributed by atoms with van der Waals surface area (Å²) >= 11 is 3.68. The minimum absolute atomic E-state index is 0.300. The highest BCUT2D eigenvalue weighted by Gasteiger charge is 2.17. The Morgan fingerprint density at radius 3 is 2.43 bits per heavy atom. The minimum atomic E-state index is 0.300. The van der Waals surface area contributed by atoms with Gasteiger partial charge in [0.05, 0.1) is 15.9 Å². The number of hydrogen-bond donors (Lipinski definition) is 1. The molecule has 2 aromatic rings. The van der Waals surface area contributed by atoms with E-state index < -0.39 is 0 Å². The zero-order valence-corrected chi connectivity index (χ0v) is 14.9. The second kappa shape index (κ2) is 7.23. The largest absolute Gasteiger partial charge is 0.313 e. The first-order valence-corrected chi connectivity index (χ1v) is 8.37. The van der Waals surface area contributed by atoms with Gasteiger partial charge in [0.2, 0.25) is 0 Å². The highest BCUT2D eigenvalue weighted by molar-refractivity contribution is 9.10. The lowest BCUT2D eigenvalue weighted by molar-refractivity contribution is 0.540. The molecule has 1 atom stereocenters. The third kappa shape index (κ3) is 3.55. The Morgan fingerprint density at radius 2 is 1.90 bits per heavy atom. The van der Waals surface area contributed by atoms with Crippen LogP contribution in [0.3, 0.4) is 0 Å². The van der Waals surface area contributed by atoms with Gasteiger partial charge >= 0.3 is 0 Å². The molecule has 0 aliphatic rings. The average molecular weight is 350 g/mol. The second-order valence-electron chi connectivity index (χ2n) is 5.30. The molecule has 1 aromatic heterocycles. The molecular weight excluding hydrogens is 326 g/mol. The monoisotopic (exact) mass is 349 g/mol. The quantitative estimate of drug-likeness (QED) is 0.852. The van der Waals surface area contributed by atoms with Crippen LogP contribution in [-0.4, -0.2) is 16.8 Å². The van der Waals surface area contributed by atoms with E-state index >= 15 is 0 Å². The maximum atomic E-state index is 4.58.